The van der Waals surface area contributed by atoms with E-state index < -0.39 is 0 Å². The Morgan fingerprint density at radius 1 is 0.875 bits per heavy atom. The molecule has 172 valence electrons. The summed E-state index contributed by atoms with van der Waals surface area (Å²) >= 11 is 0. The van der Waals surface area contributed by atoms with E-state index in [1.54, 1.807) is 14.2 Å². The van der Waals surface area contributed by atoms with Crippen molar-refractivity contribution in [1.82, 2.24) is 4.90 Å². The average Bonchev–Trinajstić information content (AvgIpc) is 2.76. The first-order valence-corrected chi connectivity index (χ1v) is 11.2. The molecule has 1 amide bonds. The minimum absolute atomic E-state index is 0.0873. The topological polar surface area (TPSA) is 54.4 Å². The Bertz CT molecular complexity index is 914. The van der Waals surface area contributed by atoms with E-state index >= 15 is 0 Å². The summed E-state index contributed by atoms with van der Waals surface area (Å²) in [7, 11) is 3.28. The summed E-state index contributed by atoms with van der Waals surface area (Å²) in [6.45, 7) is 10.9. The van der Waals surface area contributed by atoms with Crippen LogP contribution in [0.2, 0.25) is 0 Å². The Balaban J connectivity index is 1.92. The quantitative estimate of drug-likeness (QED) is 0.412. The van der Waals surface area contributed by atoms with E-state index in [1.807, 2.05) is 59.6 Å². The van der Waals surface area contributed by atoms with Gasteiger partial charge in [-0.15, -0.1) is 0 Å². The molecule has 1 aliphatic rings. The summed E-state index contributed by atoms with van der Waals surface area (Å²) in [5, 5.41) is 0. The van der Waals surface area contributed by atoms with Gasteiger partial charge in [0.15, 0.2) is 0 Å². The van der Waals surface area contributed by atoms with Crippen LogP contribution in [0.15, 0.2) is 53.5 Å². The lowest BCUT2D eigenvalue weighted by Gasteiger charge is -2.51. The fraction of sp³-hybridized carbons (Fsp3) is 0.462. The molecule has 32 heavy (non-hydrogen) atoms. The van der Waals surface area contributed by atoms with Crippen LogP contribution in [0.5, 0.6) is 11.5 Å². The molecule has 0 bridgehead atoms. The zero-order valence-electron chi connectivity index (χ0n) is 20.1. The van der Waals surface area contributed by atoms with E-state index in [0.29, 0.717) is 12.1 Å². The third kappa shape index (κ3) is 4.80. The van der Waals surface area contributed by atoms with Gasteiger partial charge in [0.05, 0.1) is 31.9 Å². The van der Waals surface area contributed by atoms with Crippen LogP contribution >= 0.6 is 0 Å². The summed E-state index contributed by atoms with van der Waals surface area (Å²) in [5.41, 5.74) is 1.68. The predicted octanol–water partition coefficient (Wildman–Crippen LogP) is 4.95. The Labute approximate surface area is 191 Å². The molecule has 3 rings (SSSR count). The normalized spacial score (nSPS) is 19.7. The molecule has 1 saturated heterocycles. The van der Waals surface area contributed by atoms with Crippen LogP contribution in [-0.2, 0) is 4.79 Å². The Kier molecular flexibility index (Phi) is 7.56. The standard InChI is InChI=1S/C26H35N3O3/c1-17(2)28(18(3)4)19(5)25-24(16-27-20-8-12-22(31-6)13-9-20)29(26(25)30)21-10-14-23(32-7)15-11-21/h8-19,24-25H,1-7H3/t19-,24-,25-/m0/s1. The van der Waals surface area contributed by atoms with E-state index in [0.717, 1.165) is 22.9 Å². The second kappa shape index (κ2) is 10.2. The van der Waals surface area contributed by atoms with Crippen LogP contribution in [-0.4, -0.2) is 55.4 Å². The number of aliphatic imine (C=N–C) groups is 1. The van der Waals surface area contributed by atoms with Crippen molar-refractivity contribution >= 4 is 23.5 Å². The molecule has 2 aromatic rings. The number of carbonyl (C=O) groups excluding carboxylic acids is 1. The van der Waals surface area contributed by atoms with Crippen molar-refractivity contribution in [2.24, 2.45) is 10.9 Å². The molecule has 6 heteroatoms. The molecule has 0 saturated carbocycles. The number of nitrogens with zero attached hydrogens (tertiary/aromatic N) is 3. The molecule has 3 atom stereocenters. The second-order valence-corrected chi connectivity index (χ2v) is 8.77. The minimum Gasteiger partial charge on any atom is -0.497 e. The smallest absolute Gasteiger partial charge is 0.234 e. The summed E-state index contributed by atoms with van der Waals surface area (Å²) in [5.74, 6) is 1.52. The van der Waals surface area contributed by atoms with E-state index in [2.05, 4.69) is 39.5 Å². The zero-order valence-corrected chi connectivity index (χ0v) is 20.1. The average molecular weight is 438 g/mol. The van der Waals surface area contributed by atoms with Crippen LogP contribution in [0.1, 0.15) is 34.6 Å². The number of β-lactam (4-membered cyclic amide) rings is 1. The molecule has 0 radical (unpaired) electrons. The van der Waals surface area contributed by atoms with Gasteiger partial charge < -0.3 is 14.4 Å². The van der Waals surface area contributed by atoms with Crippen LogP contribution in [0.3, 0.4) is 0 Å². The number of rotatable bonds is 9. The molecule has 6 nitrogen and oxygen atoms in total. The highest BCUT2D eigenvalue weighted by Gasteiger charge is 2.51. The fourth-order valence-corrected chi connectivity index (χ4v) is 4.78. The van der Waals surface area contributed by atoms with Gasteiger partial charge in [0.2, 0.25) is 5.91 Å². The van der Waals surface area contributed by atoms with Crippen molar-refractivity contribution in [3.63, 3.8) is 0 Å². The molecule has 0 spiro atoms. The van der Waals surface area contributed by atoms with Crippen molar-refractivity contribution in [2.75, 3.05) is 19.1 Å². The van der Waals surface area contributed by atoms with Crippen LogP contribution in [0.4, 0.5) is 11.4 Å². The minimum atomic E-state index is -0.163. The number of amides is 1. The molecule has 2 aromatic carbocycles. The second-order valence-electron chi connectivity index (χ2n) is 8.77. The molecule has 0 N–H and O–H groups in total. The van der Waals surface area contributed by atoms with E-state index in [4.69, 9.17) is 14.5 Å². The fourth-order valence-electron chi connectivity index (χ4n) is 4.78. The van der Waals surface area contributed by atoms with Gasteiger partial charge in [-0.3, -0.25) is 14.7 Å². The summed E-state index contributed by atoms with van der Waals surface area (Å²) < 4.78 is 10.5. The number of anilines is 1. The maximum Gasteiger partial charge on any atom is 0.234 e. The van der Waals surface area contributed by atoms with Gasteiger partial charge in [-0.2, -0.15) is 0 Å². The van der Waals surface area contributed by atoms with Crippen molar-refractivity contribution in [2.45, 2.75) is 58.8 Å². The lowest BCUT2D eigenvalue weighted by atomic mass is 9.80. The predicted molar refractivity (Wildman–Crippen MR) is 130 cm³/mol. The van der Waals surface area contributed by atoms with Crippen molar-refractivity contribution in [3.8, 4) is 11.5 Å². The van der Waals surface area contributed by atoms with Gasteiger partial charge >= 0.3 is 0 Å². The van der Waals surface area contributed by atoms with E-state index in [-0.39, 0.29) is 23.9 Å². The highest BCUT2D eigenvalue weighted by Crippen LogP contribution is 2.37. The Hall–Kier alpha value is -2.86. The van der Waals surface area contributed by atoms with Crippen molar-refractivity contribution in [3.05, 3.63) is 48.5 Å². The van der Waals surface area contributed by atoms with Crippen LogP contribution in [0, 0.1) is 5.92 Å². The highest BCUT2D eigenvalue weighted by atomic mass is 16.5. The number of ether oxygens (including phenoxy) is 2. The monoisotopic (exact) mass is 437 g/mol. The van der Waals surface area contributed by atoms with Gasteiger partial charge in [0.25, 0.3) is 0 Å². The molecule has 0 aliphatic carbocycles. The van der Waals surface area contributed by atoms with Crippen molar-refractivity contribution in [1.29, 1.82) is 0 Å². The first-order chi connectivity index (χ1) is 15.3. The SMILES string of the molecule is COc1ccc(N=C[C@H]2[C@H]([C@H](C)N(C(C)C)C(C)C)C(=O)N2c2ccc(OC)cc2)cc1. The van der Waals surface area contributed by atoms with Gasteiger partial charge in [-0.05, 0) is 83.1 Å². The van der Waals surface area contributed by atoms with Crippen LogP contribution < -0.4 is 14.4 Å². The zero-order chi connectivity index (χ0) is 23.4. The summed E-state index contributed by atoms with van der Waals surface area (Å²) in [4.78, 5) is 22.4. The Morgan fingerprint density at radius 2 is 1.38 bits per heavy atom. The number of benzene rings is 2. The molecule has 1 aliphatic heterocycles. The molecular formula is C26H35N3O3. The van der Waals surface area contributed by atoms with Gasteiger partial charge in [-0.1, -0.05) is 0 Å². The third-order valence-corrected chi connectivity index (χ3v) is 6.17. The molecule has 0 aromatic heterocycles. The van der Waals surface area contributed by atoms with Crippen molar-refractivity contribution < 1.29 is 14.3 Å². The van der Waals surface area contributed by atoms with Gasteiger partial charge in [-0.25, -0.2) is 0 Å². The largest absolute Gasteiger partial charge is 0.497 e. The van der Waals surface area contributed by atoms with Gasteiger partial charge in [0, 0.05) is 30.0 Å². The number of hydrogen-bond donors (Lipinski definition) is 0. The summed E-state index contributed by atoms with van der Waals surface area (Å²) in [6, 6.07) is 15.9. The summed E-state index contributed by atoms with van der Waals surface area (Å²) in [6.07, 6.45) is 1.91. The molecule has 1 fully saturated rings. The first kappa shape index (κ1) is 23.8. The van der Waals surface area contributed by atoms with E-state index in [9.17, 15) is 4.79 Å². The molecular weight excluding hydrogens is 402 g/mol. The van der Waals surface area contributed by atoms with Gasteiger partial charge in [0.1, 0.15) is 11.5 Å². The molecule has 1 heterocycles. The maximum atomic E-state index is 13.4. The first-order valence-electron chi connectivity index (χ1n) is 11.2. The van der Waals surface area contributed by atoms with Crippen LogP contribution in [0.25, 0.3) is 0 Å². The third-order valence-electron chi connectivity index (χ3n) is 6.17. The lowest BCUT2D eigenvalue weighted by Crippen LogP contribution is -2.68. The van der Waals surface area contributed by atoms with E-state index in [1.165, 1.54) is 0 Å². The maximum absolute atomic E-state index is 13.4. The number of carbonyl (C=O) groups is 1. The highest BCUT2D eigenvalue weighted by molar-refractivity contribution is 6.09. The Morgan fingerprint density at radius 3 is 1.84 bits per heavy atom. The number of hydrogen-bond acceptors (Lipinski definition) is 5. The molecule has 0 unspecified atom stereocenters. The number of methoxy groups -OCH3 is 2. The lowest BCUT2D eigenvalue weighted by molar-refractivity contribution is -0.132.